The summed E-state index contributed by atoms with van der Waals surface area (Å²) >= 11 is 1.69. The van der Waals surface area contributed by atoms with Crippen molar-refractivity contribution in [3.63, 3.8) is 0 Å². The van der Waals surface area contributed by atoms with E-state index in [1.54, 1.807) is 16.7 Å². The van der Waals surface area contributed by atoms with Gasteiger partial charge in [-0.15, -0.1) is 11.8 Å². The van der Waals surface area contributed by atoms with E-state index in [2.05, 4.69) is 0 Å². The molecule has 0 aliphatic carbocycles. The van der Waals surface area contributed by atoms with Crippen LogP contribution < -0.4 is 10.5 Å². The summed E-state index contributed by atoms with van der Waals surface area (Å²) in [5.74, 6) is 0.421. The van der Waals surface area contributed by atoms with E-state index in [-0.39, 0.29) is 23.4 Å². The first-order valence-corrected chi connectivity index (χ1v) is 13.7. The topological polar surface area (TPSA) is 79.7 Å². The Morgan fingerprint density at radius 3 is 2.41 bits per heavy atom. The number of thioether (sulfide) groups is 1. The minimum absolute atomic E-state index is 0.0380. The number of carbonyl (C=O) groups excluding carboxylic acids is 1. The van der Waals surface area contributed by atoms with Crippen molar-refractivity contribution < 1.29 is 13.2 Å². The van der Waals surface area contributed by atoms with Crippen LogP contribution in [-0.4, -0.2) is 42.0 Å². The van der Waals surface area contributed by atoms with Gasteiger partial charge in [0.2, 0.25) is 15.9 Å². The van der Waals surface area contributed by atoms with Crippen molar-refractivity contribution in [1.82, 2.24) is 8.87 Å². The highest BCUT2D eigenvalue weighted by Gasteiger charge is 2.33. The van der Waals surface area contributed by atoms with Crippen LogP contribution in [0, 0.1) is 0 Å². The van der Waals surface area contributed by atoms with Gasteiger partial charge in [-0.2, -0.15) is 4.31 Å². The second kappa shape index (κ2) is 9.40. The van der Waals surface area contributed by atoms with E-state index in [0.29, 0.717) is 18.8 Å². The normalized spacial score (nSPS) is 18.6. The largest absolute Gasteiger partial charge is 0.305 e. The van der Waals surface area contributed by atoms with Gasteiger partial charge < -0.3 is 9.47 Å². The maximum atomic E-state index is 13.7. The first-order chi connectivity index (χ1) is 16.4. The molecule has 34 heavy (non-hydrogen) atoms. The summed E-state index contributed by atoms with van der Waals surface area (Å²) in [6, 6.07) is 19.9. The maximum Gasteiger partial charge on any atom is 0.251 e. The van der Waals surface area contributed by atoms with Crippen LogP contribution in [0.25, 0.3) is 0 Å². The summed E-state index contributed by atoms with van der Waals surface area (Å²) in [5, 5.41) is 0. The first kappa shape index (κ1) is 22.9. The van der Waals surface area contributed by atoms with E-state index in [1.807, 2.05) is 54.6 Å². The summed E-state index contributed by atoms with van der Waals surface area (Å²) in [5.41, 5.74) is 1.40. The van der Waals surface area contributed by atoms with Gasteiger partial charge in [0.25, 0.3) is 5.56 Å². The van der Waals surface area contributed by atoms with Gasteiger partial charge in [-0.05, 0) is 36.6 Å². The standard InChI is InChI=1S/C25H25N3O4S2/c29-24-13-12-20(34(31,32)27-14-6-7-15-27)16-26(24)17-25(30)28-21-10-4-5-11-23(21)33-18-22(28)19-8-2-1-3-9-19/h1-5,8-13,16,22H,6-7,14-15,17-18H2/t22-/m1/s1. The van der Waals surface area contributed by atoms with Crippen molar-refractivity contribution in [2.24, 2.45) is 0 Å². The zero-order chi connectivity index (χ0) is 23.7. The van der Waals surface area contributed by atoms with Crippen molar-refractivity contribution in [2.75, 3.05) is 23.7 Å². The number of sulfonamides is 1. The van der Waals surface area contributed by atoms with Crippen LogP contribution in [0.4, 0.5) is 5.69 Å². The lowest BCUT2D eigenvalue weighted by atomic mass is 10.1. The maximum absolute atomic E-state index is 13.7. The fourth-order valence-electron chi connectivity index (χ4n) is 4.50. The molecule has 1 saturated heterocycles. The van der Waals surface area contributed by atoms with Crippen LogP contribution in [0.5, 0.6) is 0 Å². The van der Waals surface area contributed by atoms with Crippen LogP contribution >= 0.6 is 11.8 Å². The fourth-order valence-corrected chi connectivity index (χ4v) is 7.21. The van der Waals surface area contributed by atoms with Gasteiger partial charge in [-0.25, -0.2) is 8.42 Å². The SMILES string of the molecule is O=C(Cn1cc(S(=O)(=O)N2CCCC2)ccc1=O)N1c2ccccc2SC[C@@H]1c1ccccc1. The molecule has 1 atom stereocenters. The lowest BCUT2D eigenvalue weighted by Gasteiger charge is -2.37. The fraction of sp³-hybridized carbons (Fsp3) is 0.280. The Hall–Kier alpha value is -2.88. The molecule has 7 nitrogen and oxygen atoms in total. The average Bonchev–Trinajstić information content (AvgIpc) is 3.41. The Kier molecular flexibility index (Phi) is 6.33. The highest BCUT2D eigenvalue weighted by atomic mass is 32.2. The molecule has 2 aromatic carbocycles. The lowest BCUT2D eigenvalue weighted by molar-refractivity contribution is -0.119. The molecule has 9 heteroatoms. The molecule has 1 amide bonds. The van der Waals surface area contributed by atoms with Crippen molar-refractivity contribution >= 4 is 33.4 Å². The van der Waals surface area contributed by atoms with Gasteiger partial charge in [0.05, 0.1) is 16.6 Å². The molecule has 0 radical (unpaired) electrons. The number of benzene rings is 2. The number of aromatic nitrogens is 1. The molecule has 2 aliphatic rings. The summed E-state index contributed by atoms with van der Waals surface area (Å²) in [7, 11) is -3.70. The van der Waals surface area contributed by atoms with Crippen molar-refractivity contribution in [2.45, 2.75) is 35.2 Å². The van der Waals surface area contributed by atoms with Crippen LogP contribution in [0.2, 0.25) is 0 Å². The number of nitrogens with zero attached hydrogens (tertiary/aromatic N) is 3. The van der Waals surface area contributed by atoms with Gasteiger partial charge in [0.15, 0.2) is 0 Å². The second-order valence-corrected chi connectivity index (χ2v) is 11.4. The van der Waals surface area contributed by atoms with Crippen LogP contribution in [0.3, 0.4) is 0 Å². The number of hydrogen-bond donors (Lipinski definition) is 0. The van der Waals surface area contributed by atoms with Gasteiger partial charge >= 0.3 is 0 Å². The molecule has 1 fully saturated rings. The summed E-state index contributed by atoms with van der Waals surface area (Å²) < 4.78 is 28.6. The number of fused-ring (bicyclic) bond motifs is 1. The van der Waals surface area contributed by atoms with Crippen molar-refractivity contribution in [3.8, 4) is 0 Å². The highest BCUT2D eigenvalue weighted by molar-refractivity contribution is 7.99. The third-order valence-corrected chi connectivity index (χ3v) is 9.27. The molecular formula is C25H25N3O4S2. The summed E-state index contributed by atoms with van der Waals surface area (Å²) in [6.07, 6.45) is 2.95. The molecule has 0 unspecified atom stereocenters. The van der Waals surface area contributed by atoms with Gasteiger partial charge in [-0.1, -0.05) is 42.5 Å². The summed E-state index contributed by atoms with van der Waals surface area (Å²) in [4.78, 5) is 29.1. The van der Waals surface area contributed by atoms with E-state index < -0.39 is 15.6 Å². The minimum atomic E-state index is -3.70. The number of rotatable bonds is 5. The van der Waals surface area contributed by atoms with E-state index in [0.717, 1.165) is 29.0 Å². The molecule has 0 saturated carbocycles. The molecule has 0 spiro atoms. The molecule has 3 heterocycles. The number of hydrogen-bond acceptors (Lipinski definition) is 5. The van der Waals surface area contributed by atoms with E-state index in [9.17, 15) is 18.0 Å². The molecule has 1 aromatic heterocycles. The van der Waals surface area contributed by atoms with Crippen LogP contribution in [0.15, 0.2) is 87.5 Å². The average molecular weight is 496 g/mol. The zero-order valence-electron chi connectivity index (χ0n) is 18.5. The van der Waals surface area contributed by atoms with E-state index in [4.69, 9.17) is 0 Å². The van der Waals surface area contributed by atoms with E-state index >= 15 is 0 Å². The van der Waals surface area contributed by atoms with E-state index in [1.165, 1.54) is 27.2 Å². The molecular weight excluding hydrogens is 470 g/mol. The van der Waals surface area contributed by atoms with Gasteiger partial charge in [0.1, 0.15) is 6.54 Å². The highest BCUT2D eigenvalue weighted by Crippen LogP contribution is 2.43. The Morgan fingerprint density at radius 1 is 0.941 bits per heavy atom. The lowest BCUT2D eigenvalue weighted by Crippen LogP contribution is -2.42. The molecule has 0 bridgehead atoms. The Morgan fingerprint density at radius 2 is 1.65 bits per heavy atom. The molecule has 0 N–H and O–H groups in total. The van der Waals surface area contributed by atoms with Gasteiger partial charge in [0, 0.05) is 36.0 Å². The Bertz CT molecular complexity index is 1370. The zero-order valence-corrected chi connectivity index (χ0v) is 20.2. The predicted molar refractivity (Wildman–Crippen MR) is 133 cm³/mol. The number of amides is 1. The smallest absolute Gasteiger partial charge is 0.251 e. The second-order valence-electron chi connectivity index (χ2n) is 8.41. The van der Waals surface area contributed by atoms with Crippen LogP contribution in [0.1, 0.15) is 24.4 Å². The first-order valence-electron chi connectivity index (χ1n) is 11.2. The quantitative estimate of drug-likeness (QED) is 0.541. The van der Waals surface area contributed by atoms with Crippen molar-refractivity contribution in [1.29, 1.82) is 0 Å². The Labute approximate surface area is 203 Å². The van der Waals surface area contributed by atoms with Crippen molar-refractivity contribution in [3.05, 3.63) is 88.8 Å². The molecule has 2 aliphatic heterocycles. The number of carbonyl (C=O) groups is 1. The molecule has 5 rings (SSSR count). The third-order valence-electron chi connectivity index (χ3n) is 6.25. The minimum Gasteiger partial charge on any atom is -0.305 e. The third kappa shape index (κ3) is 4.31. The number of para-hydroxylation sites is 1. The molecule has 176 valence electrons. The van der Waals surface area contributed by atoms with Gasteiger partial charge in [-0.3, -0.25) is 9.59 Å². The number of anilines is 1. The molecule has 3 aromatic rings. The monoisotopic (exact) mass is 495 g/mol. The predicted octanol–water partition coefficient (Wildman–Crippen LogP) is 3.51. The number of pyridine rings is 1. The summed E-state index contributed by atoms with van der Waals surface area (Å²) in [6.45, 7) is 0.702. The Balaban J connectivity index is 1.49. The van der Waals surface area contributed by atoms with Crippen LogP contribution in [-0.2, 0) is 21.4 Å².